The molecule has 2 heteroatoms. The van der Waals surface area contributed by atoms with E-state index in [2.05, 4.69) is 6.92 Å². The van der Waals surface area contributed by atoms with Gasteiger partial charge in [-0.2, -0.15) is 0 Å². The van der Waals surface area contributed by atoms with Crippen LogP contribution < -0.4 is 0 Å². The zero-order chi connectivity index (χ0) is 4.12. The fourth-order valence-corrected chi connectivity index (χ4v) is 0.204. The minimum Gasteiger partial charge on any atom is -0.0887 e. The van der Waals surface area contributed by atoms with E-state index in [9.17, 15) is 0 Å². The second-order valence-electron chi connectivity index (χ2n) is 1.14. The Morgan fingerprint density at radius 3 is 2.00 bits per heavy atom. The van der Waals surface area contributed by atoms with Crippen molar-refractivity contribution in [1.29, 1.82) is 0 Å². The first-order valence-electron chi connectivity index (χ1n) is 2.12. The normalized spacial score (nSPS) is 6.83. The van der Waals surface area contributed by atoms with Crippen LogP contribution in [0.15, 0.2) is 0 Å². The topological polar surface area (TPSA) is 0 Å². The van der Waals surface area contributed by atoms with Crippen molar-refractivity contribution in [2.24, 2.45) is 0 Å². The second-order valence-corrected chi connectivity index (χ2v) is 1.14. The first kappa shape index (κ1) is 10.6. The molecule has 0 aliphatic carbocycles. The molecule has 0 spiro atoms. The first-order valence-corrected chi connectivity index (χ1v) is 2.12. The van der Waals surface area contributed by atoms with Gasteiger partial charge in [-0.25, -0.2) is 0 Å². The molecule has 3 radical (unpaired) electrons. The summed E-state index contributed by atoms with van der Waals surface area (Å²) in [5.74, 6) is 0. The van der Waals surface area contributed by atoms with Crippen molar-refractivity contribution < 1.29 is 0 Å². The Hall–Kier alpha value is 1.70. The van der Waals surface area contributed by atoms with Crippen LogP contribution >= 0.6 is 0 Å². The summed E-state index contributed by atoms with van der Waals surface area (Å²) in [7, 11) is 5.14. The maximum absolute atomic E-state index is 5.14. The number of rotatable bonds is 2. The summed E-state index contributed by atoms with van der Waals surface area (Å²) in [4.78, 5) is 0. The van der Waals surface area contributed by atoms with E-state index >= 15 is 0 Å². The van der Waals surface area contributed by atoms with Gasteiger partial charge in [-0.1, -0.05) is 26.1 Å². The molecule has 0 aromatic carbocycles. The quantitative estimate of drug-likeness (QED) is 0.461. The van der Waals surface area contributed by atoms with E-state index in [1.54, 1.807) is 0 Å². The summed E-state index contributed by atoms with van der Waals surface area (Å²) in [6.45, 7) is 2.13. The summed E-state index contributed by atoms with van der Waals surface area (Å²) in [5, 5.41) is 0. The maximum atomic E-state index is 5.14. The zero-order valence-corrected chi connectivity index (χ0v) is 7.82. The van der Waals surface area contributed by atoms with E-state index in [1.807, 2.05) is 0 Å². The standard InChI is InChI=1S/C4H9B.K/c1-2-3-4-5;/h2-4H2,1H3;. The third-order valence-corrected chi connectivity index (χ3v) is 0.558. The smallest absolute Gasteiger partial charge is 0.0652 e. The minimum atomic E-state index is 0. The van der Waals surface area contributed by atoms with Crippen LogP contribution in [0.2, 0.25) is 6.32 Å². The largest absolute Gasteiger partial charge is 0.0887 e. The fraction of sp³-hybridized carbons (Fsp3) is 1.00. The van der Waals surface area contributed by atoms with Crippen LogP contribution in [0.25, 0.3) is 0 Å². The molecule has 6 heavy (non-hydrogen) atoms. The van der Waals surface area contributed by atoms with Crippen LogP contribution in [0, 0.1) is 0 Å². The Balaban J connectivity index is 0. The van der Waals surface area contributed by atoms with E-state index in [0.29, 0.717) is 0 Å². The van der Waals surface area contributed by atoms with Crippen molar-refractivity contribution in [2.75, 3.05) is 0 Å². The van der Waals surface area contributed by atoms with Crippen molar-refractivity contribution in [1.82, 2.24) is 0 Å². The number of unbranched alkanes of at least 4 members (excludes halogenated alkanes) is 1. The van der Waals surface area contributed by atoms with Gasteiger partial charge in [-0.15, -0.1) is 0 Å². The van der Waals surface area contributed by atoms with Crippen LogP contribution in [0.3, 0.4) is 0 Å². The van der Waals surface area contributed by atoms with Crippen LogP contribution in [-0.2, 0) is 0 Å². The van der Waals surface area contributed by atoms with Crippen LogP contribution in [0.4, 0.5) is 0 Å². The Morgan fingerprint density at radius 2 is 2.00 bits per heavy atom. The number of hydrogen-bond acceptors (Lipinski definition) is 0. The molecule has 0 saturated heterocycles. The van der Waals surface area contributed by atoms with Gasteiger partial charge in [0.25, 0.3) is 0 Å². The predicted octanol–water partition coefficient (Wildman–Crippen LogP) is 0.992. The molecule has 0 nitrogen and oxygen atoms in total. The minimum absolute atomic E-state index is 0. The van der Waals surface area contributed by atoms with Crippen LogP contribution in [0.1, 0.15) is 19.8 Å². The Bertz CT molecular complexity index is 15.0. The molecule has 0 atom stereocenters. The predicted molar refractivity (Wildman–Crippen MR) is 31.2 cm³/mol. The van der Waals surface area contributed by atoms with Gasteiger partial charge >= 0.3 is 0 Å². The van der Waals surface area contributed by atoms with Gasteiger partial charge < -0.3 is 0 Å². The molecule has 0 rings (SSSR count). The third kappa shape index (κ3) is 9.20. The van der Waals surface area contributed by atoms with Gasteiger partial charge in [0.05, 0.1) is 7.85 Å². The van der Waals surface area contributed by atoms with E-state index in [-0.39, 0.29) is 51.4 Å². The molecule has 0 fully saturated rings. The summed E-state index contributed by atoms with van der Waals surface area (Å²) in [6, 6.07) is 0. The molecular formula is C4H9BK. The first-order chi connectivity index (χ1) is 2.41. The van der Waals surface area contributed by atoms with E-state index in [1.165, 1.54) is 12.8 Å². The van der Waals surface area contributed by atoms with Crippen molar-refractivity contribution >= 4 is 59.2 Å². The van der Waals surface area contributed by atoms with Crippen LogP contribution in [0.5, 0.6) is 0 Å². The molecule has 0 aliphatic heterocycles. The molecule has 0 saturated carbocycles. The Labute approximate surface area is 83.9 Å². The zero-order valence-electron chi connectivity index (χ0n) is 4.70. The SMILES string of the molecule is [B]CCCC.[K]. The molecule has 29 valence electrons. The molecule has 0 aromatic heterocycles. The molecule has 0 bridgehead atoms. The van der Waals surface area contributed by atoms with Crippen molar-refractivity contribution in [2.45, 2.75) is 26.1 Å². The second kappa shape index (κ2) is 9.86. The summed E-state index contributed by atoms with van der Waals surface area (Å²) < 4.78 is 0. The summed E-state index contributed by atoms with van der Waals surface area (Å²) in [5.41, 5.74) is 0. The Morgan fingerprint density at radius 1 is 1.50 bits per heavy atom. The van der Waals surface area contributed by atoms with Gasteiger partial charge in [0.2, 0.25) is 0 Å². The van der Waals surface area contributed by atoms with Crippen molar-refractivity contribution in [3.05, 3.63) is 0 Å². The fourth-order valence-electron chi connectivity index (χ4n) is 0.204. The monoisotopic (exact) mass is 107 g/mol. The van der Waals surface area contributed by atoms with Gasteiger partial charge in [-0.3, -0.25) is 0 Å². The molecular weight excluding hydrogens is 98.0 g/mol. The van der Waals surface area contributed by atoms with E-state index in [4.69, 9.17) is 7.85 Å². The molecule has 0 aliphatic rings. The van der Waals surface area contributed by atoms with E-state index < -0.39 is 0 Å². The number of hydrogen-bond donors (Lipinski definition) is 0. The summed E-state index contributed by atoms with van der Waals surface area (Å²) in [6.07, 6.45) is 3.23. The average molecular weight is 107 g/mol. The maximum Gasteiger partial charge on any atom is 0.0652 e. The molecule has 0 unspecified atom stereocenters. The van der Waals surface area contributed by atoms with Crippen molar-refractivity contribution in [3.63, 3.8) is 0 Å². The van der Waals surface area contributed by atoms with Crippen molar-refractivity contribution in [3.8, 4) is 0 Å². The average Bonchev–Trinajstić information content (AvgIpc) is 1.41. The Kier molecular flexibility index (Phi) is 17.5. The van der Waals surface area contributed by atoms with E-state index in [0.717, 1.165) is 6.32 Å². The van der Waals surface area contributed by atoms with Gasteiger partial charge in [0, 0.05) is 51.4 Å². The van der Waals surface area contributed by atoms with Gasteiger partial charge in [0.1, 0.15) is 0 Å². The van der Waals surface area contributed by atoms with Crippen LogP contribution in [-0.4, -0.2) is 59.2 Å². The molecule has 0 heterocycles. The third-order valence-electron chi connectivity index (χ3n) is 0.558. The van der Waals surface area contributed by atoms with Gasteiger partial charge in [0.15, 0.2) is 0 Å². The van der Waals surface area contributed by atoms with Gasteiger partial charge in [-0.05, 0) is 0 Å². The molecule has 0 amide bonds. The molecule has 0 aromatic rings. The molecule has 0 N–H and O–H groups in total. The summed E-state index contributed by atoms with van der Waals surface area (Å²) >= 11 is 0.